The van der Waals surface area contributed by atoms with E-state index >= 15 is 0 Å². The molecule has 1 saturated heterocycles. The van der Waals surface area contributed by atoms with Crippen LogP contribution in [0.1, 0.15) is 34.3 Å². The molecule has 4 nitrogen and oxygen atoms in total. The van der Waals surface area contributed by atoms with Crippen molar-refractivity contribution in [3.05, 3.63) is 102 Å². The van der Waals surface area contributed by atoms with Gasteiger partial charge in [0.1, 0.15) is 0 Å². The minimum absolute atomic E-state index is 0.150. The van der Waals surface area contributed by atoms with E-state index in [1.165, 1.54) is 16.8 Å². The van der Waals surface area contributed by atoms with Gasteiger partial charge in [0.25, 0.3) is 5.91 Å². The molecule has 2 aliphatic rings. The minimum atomic E-state index is 0.150. The van der Waals surface area contributed by atoms with Crippen LogP contribution < -0.4 is 4.90 Å². The number of fused-ring (bicyclic) bond motifs is 1. The topological polar surface area (TPSA) is 26.8 Å². The van der Waals surface area contributed by atoms with Crippen LogP contribution in [0.15, 0.2) is 84.9 Å². The molecule has 2 aliphatic heterocycles. The van der Waals surface area contributed by atoms with E-state index in [4.69, 9.17) is 0 Å². The zero-order valence-electron chi connectivity index (χ0n) is 19.8. The van der Waals surface area contributed by atoms with Crippen molar-refractivity contribution in [1.29, 1.82) is 0 Å². The standard InChI is InChI=1S/C30H33N3O/c34-30(32-21-8-20-31(23-24-32)19-6-11-25-9-2-1-3-10-25)27-15-17-28(18-16-27)33-22-7-13-26-12-4-5-14-29(26)33/h1-5,7,9-10,12-18H,6,8,11,19-24H2. The number of hydrogen-bond donors (Lipinski definition) is 0. The molecular formula is C30H33N3O. The number of carbonyl (C=O) groups is 1. The highest BCUT2D eigenvalue weighted by Crippen LogP contribution is 2.32. The summed E-state index contributed by atoms with van der Waals surface area (Å²) >= 11 is 0. The third-order valence-corrected chi connectivity index (χ3v) is 6.90. The molecule has 0 atom stereocenters. The fourth-order valence-electron chi connectivity index (χ4n) is 5.02. The molecule has 0 radical (unpaired) electrons. The predicted molar refractivity (Wildman–Crippen MR) is 141 cm³/mol. The lowest BCUT2D eigenvalue weighted by atomic mass is 10.1. The summed E-state index contributed by atoms with van der Waals surface area (Å²) < 4.78 is 0. The second-order valence-corrected chi connectivity index (χ2v) is 9.20. The average molecular weight is 452 g/mol. The molecule has 5 rings (SSSR count). The number of nitrogens with zero attached hydrogens (tertiary/aromatic N) is 3. The molecule has 1 fully saturated rings. The molecule has 0 N–H and O–H groups in total. The first kappa shape index (κ1) is 22.4. The van der Waals surface area contributed by atoms with E-state index in [2.05, 4.69) is 88.7 Å². The van der Waals surface area contributed by atoms with Gasteiger partial charge in [-0.25, -0.2) is 0 Å². The quantitative estimate of drug-likeness (QED) is 0.486. The number of anilines is 2. The Balaban J connectivity index is 1.16. The van der Waals surface area contributed by atoms with Crippen molar-refractivity contribution in [2.45, 2.75) is 19.3 Å². The molecule has 174 valence electrons. The lowest BCUT2D eigenvalue weighted by molar-refractivity contribution is 0.0761. The summed E-state index contributed by atoms with van der Waals surface area (Å²) in [6, 6.07) is 27.3. The minimum Gasteiger partial charge on any atom is -0.337 e. The molecule has 0 spiro atoms. The first-order valence-electron chi connectivity index (χ1n) is 12.5. The second kappa shape index (κ2) is 10.7. The highest BCUT2D eigenvalue weighted by atomic mass is 16.2. The number of amides is 1. The van der Waals surface area contributed by atoms with Crippen LogP contribution in [0.3, 0.4) is 0 Å². The number of carbonyl (C=O) groups excluding carboxylic acids is 1. The Kier molecular flexibility index (Phi) is 7.06. The molecule has 3 aromatic carbocycles. The van der Waals surface area contributed by atoms with Crippen molar-refractivity contribution < 1.29 is 4.79 Å². The average Bonchev–Trinajstić information content (AvgIpc) is 3.14. The van der Waals surface area contributed by atoms with E-state index in [9.17, 15) is 4.79 Å². The van der Waals surface area contributed by atoms with Gasteiger partial charge < -0.3 is 14.7 Å². The summed E-state index contributed by atoms with van der Waals surface area (Å²) in [4.78, 5) is 20.1. The number of para-hydroxylation sites is 1. The van der Waals surface area contributed by atoms with Gasteiger partial charge in [0.05, 0.1) is 0 Å². The van der Waals surface area contributed by atoms with Gasteiger partial charge in [-0.2, -0.15) is 0 Å². The third-order valence-electron chi connectivity index (χ3n) is 6.90. The first-order valence-corrected chi connectivity index (χ1v) is 12.5. The van der Waals surface area contributed by atoms with Crippen LogP contribution in [0.4, 0.5) is 11.4 Å². The summed E-state index contributed by atoms with van der Waals surface area (Å²) in [5.41, 5.74) is 5.74. The van der Waals surface area contributed by atoms with Crippen LogP contribution in [0.25, 0.3) is 6.08 Å². The Bertz CT molecular complexity index is 1120. The van der Waals surface area contributed by atoms with Crippen molar-refractivity contribution in [1.82, 2.24) is 9.80 Å². The summed E-state index contributed by atoms with van der Waals surface area (Å²) in [5, 5.41) is 0. The Hall–Kier alpha value is -3.37. The lowest BCUT2D eigenvalue weighted by Crippen LogP contribution is -2.35. The summed E-state index contributed by atoms with van der Waals surface area (Å²) in [6.45, 7) is 5.60. The number of aryl methyl sites for hydroxylation is 1. The van der Waals surface area contributed by atoms with Gasteiger partial charge in [0, 0.05) is 43.1 Å². The molecular weight excluding hydrogens is 418 g/mol. The zero-order valence-corrected chi connectivity index (χ0v) is 19.8. The molecule has 0 unspecified atom stereocenters. The van der Waals surface area contributed by atoms with Crippen molar-refractivity contribution in [3.8, 4) is 0 Å². The van der Waals surface area contributed by atoms with E-state index in [1.807, 2.05) is 17.0 Å². The van der Waals surface area contributed by atoms with Gasteiger partial charge in [-0.05, 0) is 73.8 Å². The maximum atomic E-state index is 13.2. The van der Waals surface area contributed by atoms with E-state index in [0.29, 0.717) is 0 Å². The van der Waals surface area contributed by atoms with Crippen LogP contribution >= 0.6 is 0 Å². The molecule has 3 aromatic rings. The molecule has 2 heterocycles. The van der Waals surface area contributed by atoms with Crippen molar-refractivity contribution in [2.24, 2.45) is 0 Å². The van der Waals surface area contributed by atoms with E-state index in [1.54, 1.807) is 0 Å². The molecule has 0 saturated carbocycles. The largest absolute Gasteiger partial charge is 0.337 e. The van der Waals surface area contributed by atoms with Crippen LogP contribution in [0.5, 0.6) is 0 Å². The smallest absolute Gasteiger partial charge is 0.253 e. The number of rotatable bonds is 6. The van der Waals surface area contributed by atoms with Crippen molar-refractivity contribution in [3.63, 3.8) is 0 Å². The van der Waals surface area contributed by atoms with Gasteiger partial charge >= 0.3 is 0 Å². The Morgan fingerprint density at radius 3 is 2.44 bits per heavy atom. The number of hydrogen-bond acceptors (Lipinski definition) is 3. The van der Waals surface area contributed by atoms with Crippen LogP contribution in [-0.2, 0) is 6.42 Å². The lowest BCUT2D eigenvalue weighted by Gasteiger charge is -2.28. The normalized spacial score (nSPS) is 16.2. The Morgan fingerprint density at radius 2 is 1.59 bits per heavy atom. The monoisotopic (exact) mass is 451 g/mol. The number of benzene rings is 3. The van der Waals surface area contributed by atoms with Crippen molar-refractivity contribution >= 4 is 23.4 Å². The molecule has 0 aromatic heterocycles. The van der Waals surface area contributed by atoms with Gasteiger partial charge in [0.2, 0.25) is 0 Å². The third kappa shape index (κ3) is 5.23. The van der Waals surface area contributed by atoms with Crippen LogP contribution in [0.2, 0.25) is 0 Å². The van der Waals surface area contributed by atoms with Crippen LogP contribution in [0, 0.1) is 0 Å². The highest BCUT2D eigenvalue weighted by molar-refractivity contribution is 5.94. The maximum absolute atomic E-state index is 13.2. The molecule has 1 amide bonds. The molecule has 0 bridgehead atoms. The Labute approximate surface area is 203 Å². The summed E-state index contributed by atoms with van der Waals surface area (Å²) in [7, 11) is 0. The summed E-state index contributed by atoms with van der Waals surface area (Å²) in [5.74, 6) is 0.150. The van der Waals surface area contributed by atoms with Gasteiger partial charge in [-0.15, -0.1) is 0 Å². The second-order valence-electron chi connectivity index (χ2n) is 9.20. The fourth-order valence-corrected chi connectivity index (χ4v) is 5.02. The van der Waals surface area contributed by atoms with E-state index < -0.39 is 0 Å². The highest BCUT2D eigenvalue weighted by Gasteiger charge is 2.21. The van der Waals surface area contributed by atoms with Crippen LogP contribution in [-0.4, -0.2) is 55.0 Å². The van der Waals surface area contributed by atoms with Gasteiger partial charge in [-0.1, -0.05) is 60.7 Å². The molecule has 34 heavy (non-hydrogen) atoms. The first-order chi connectivity index (χ1) is 16.8. The summed E-state index contributed by atoms with van der Waals surface area (Å²) in [6.07, 6.45) is 7.67. The van der Waals surface area contributed by atoms with Crippen molar-refractivity contribution in [2.75, 3.05) is 44.2 Å². The zero-order chi connectivity index (χ0) is 23.2. The molecule has 4 heteroatoms. The van der Waals surface area contributed by atoms with Gasteiger partial charge in [0.15, 0.2) is 0 Å². The SMILES string of the molecule is O=C(c1ccc(N2CC=Cc3ccccc32)cc1)N1CCCN(CCCc2ccccc2)CC1. The Morgan fingerprint density at radius 1 is 0.794 bits per heavy atom. The predicted octanol–water partition coefficient (Wildman–Crippen LogP) is 5.63. The van der Waals surface area contributed by atoms with E-state index in [0.717, 1.165) is 69.8 Å². The maximum Gasteiger partial charge on any atom is 0.253 e. The molecule has 0 aliphatic carbocycles. The fraction of sp³-hybridized carbons (Fsp3) is 0.300. The van der Waals surface area contributed by atoms with E-state index in [-0.39, 0.29) is 5.91 Å². The van der Waals surface area contributed by atoms with Gasteiger partial charge in [-0.3, -0.25) is 4.79 Å².